The first-order valence-electron chi connectivity index (χ1n) is 6.86. The Kier molecular flexibility index (Phi) is 4.54. The number of carbonyl (C=O) groups excluding carboxylic acids is 1. The van der Waals surface area contributed by atoms with Gasteiger partial charge in [0, 0.05) is 32.4 Å². The van der Waals surface area contributed by atoms with Crippen molar-refractivity contribution in [3.05, 3.63) is 23.6 Å². The molecule has 20 heavy (non-hydrogen) atoms. The summed E-state index contributed by atoms with van der Waals surface area (Å²) in [7, 11) is 3.62. The Morgan fingerprint density at radius 1 is 1.50 bits per heavy atom. The number of amides is 1. The number of rotatable bonds is 2. The van der Waals surface area contributed by atoms with Crippen molar-refractivity contribution in [2.75, 3.05) is 39.0 Å². The van der Waals surface area contributed by atoms with E-state index in [2.05, 4.69) is 15.2 Å². The third-order valence-corrected chi connectivity index (χ3v) is 3.66. The average molecular weight is 280 g/mol. The van der Waals surface area contributed by atoms with Crippen LogP contribution in [0, 0.1) is 5.82 Å². The molecule has 6 heteroatoms. The predicted molar refractivity (Wildman–Crippen MR) is 76.4 cm³/mol. The number of nitrogens with one attached hydrogen (secondary N) is 1. The van der Waals surface area contributed by atoms with Crippen molar-refractivity contribution in [1.29, 1.82) is 0 Å². The fourth-order valence-electron chi connectivity index (χ4n) is 2.61. The first-order chi connectivity index (χ1) is 9.54. The molecule has 1 fully saturated rings. The van der Waals surface area contributed by atoms with Gasteiger partial charge >= 0.3 is 0 Å². The van der Waals surface area contributed by atoms with Crippen LogP contribution in [0.4, 0.5) is 10.2 Å². The van der Waals surface area contributed by atoms with E-state index in [4.69, 9.17) is 0 Å². The molecule has 1 aromatic heterocycles. The van der Waals surface area contributed by atoms with Crippen LogP contribution >= 0.6 is 0 Å². The van der Waals surface area contributed by atoms with Gasteiger partial charge in [-0.1, -0.05) is 0 Å². The molecule has 0 spiro atoms. The van der Waals surface area contributed by atoms with Crippen molar-refractivity contribution in [1.82, 2.24) is 14.8 Å². The lowest BCUT2D eigenvalue weighted by molar-refractivity contribution is 0.0691. The molecule has 2 heterocycles. The average Bonchev–Trinajstić information content (AvgIpc) is 2.59. The van der Waals surface area contributed by atoms with Gasteiger partial charge in [-0.2, -0.15) is 0 Å². The molecule has 0 saturated carbocycles. The summed E-state index contributed by atoms with van der Waals surface area (Å²) < 4.78 is 14.2. The summed E-state index contributed by atoms with van der Waals surface area (Å²) >= 11 is 0. The second-order valence-electron chi connectivity index (χ2n) is 5.23. The van der Waals surface area contributed by atoms with Gasteiger partial charge in [-0.25, -0.2) is 9.37 Å². The Balaban J connectivity index is 2.26. The van der Waals surface area contributed by atoms with E-state index in [1.807, 2.05) is 14.0 Å². The molecule has 1 unspecified atom stereocenters. The highest BCUT2D eigenvalue weighted by Crippen LogP contribution is 2.19. The minimum Gasteiger partial charge on any atom is -0.371 e. The van der Waals surface area contributed by atoms with Crippen LogP contribution in [-0.2, 0) is 0 Å². The predicted octanol–water partition coefficient (Wildman–Crippen LogP) is 1.43. The fraction of sp³-hybridized carbons (Fsp3) is 0.571. The summed E-state index contributed by atoms with van der Waals surface area (Å²) in [6, 6.07) is 1.51. The van der Waals surface area contributed by atoms with E-state index in [1.165, 1.54) is 12.3 Å². The van der Waals surface area contributed by atoms with E-state index in [1.54, 1.807) is 11.9 Å². The number of carbonyl (C=O) groups is 1. The van der Waals surface area contributed by atoms with Gasteiger partial charge in [0.2, 0.25) is 0 Å². The second-order valence-corrected chi connectivity index (χ2v) is 5.23. The molecule has 2 rings (SSSR count). The Morgan fingerprint density at radius 3 is 2.95 bits per heavy atom. The molecule has 1 aliphatic rings. The van der Waals surface area contributed by atoms with Crippen molar-refractivity contribution in [2.45, 2.75) is 19.4 Å². The maximum Gasteiger partial charge on any atom is 0.257 e. The quantitative estimate of drug-likeness (QED) is 0.890. The van der Waals surface area contributed by atoms with E-state index in [0.717, 1.165) is 19.5 Å². The highest BCUT2D eigenvalue weighted by atomic mass is 19.1. The molecule has 0 aliphatic carbocycles. The van der Waals surface area contributed by atoms with Gasteiger partial charge in [-0.15, -0.1) is 0 Å². The van der Waals surface area contributed by atoms with E-state index in [0.29, 0.717) is 6.54 Å². The molecule has 1 atom stereocenters. The lowest BCUT2D eigenvalue weighted by atomic mass is 10.1. The third-order valence-electron chi connectivity index (χ3n) is 3.66. The van der Waals surface area contributed by atoms with Crippen LogP contribution < -0.4 is 5.32 Å². The summed E-state index contributed by atoms with van der Waals surface area (Å²) in [6.07, 6.45) is 2.36. The fourth-order valence-corrected chi connectivity index (χ4v) is 2.61. The standard InChI is InChI=1S/C14H21FN4O/c1-10-9-18(3)7-4-8-19(10)14(20)11-5-6-17-13(16-2)12(11)15/h5-6,10H,4,7-9H2,1-3H3,(H,16,17). The van der Waals surface area contributed by atoms with Gasteiger partial charge in [0.25, 0.3) is 5.91 Å². The topological polar surface area (TPSA) is 48.5 Å². The maximum absolute atomic E-state index is 14.2. The van der Waals surface area contributed by atoms with Crippen LogP contribution in [0.5, 0.6) is 0 Å². The first kappa shape index (κ1) is 14.7. The van der Waals surface area contributed by atoms with Gasteiger partial charge in [-0.05, 0) is 33.0 Å². The lowest BCUT2D eigenvalue weighted by Gasteiger charge is -2.28. The summed E-state index contributed by atoms with van der Waals surface area (Å²) in [5.74, 6) is -0.732. The zero-order chi connectivity index (χ0) is 14.7. The van der Waals surface area contributed by atoms with Crippen LogP contribution in [0.15, 0.2) is 12.3 Å². The maximum atomic E-state index is 14.2. The Bertz CT molecular complexity index is 494. The molecule has 1 aliphatic heterocycles. The molecule has 1 N–H and O–H groups in total. The van der Waals surface area contributed by atoms with Crippen LogP contribution in [0.1, 0.15) is 23.7 Å². The van der Waals surface area contributed by atoms with Crippen LogP contribution in [-0.4, -0.2) is 60.5 Å². The smallest absolute Gasteiger partial charge is 0.257 e. The van der Waals surface area contributed by atoms with Crippen LogP contribution in [0.3, 0.4) is 0 Å². The van der Waals surface area contributed by atoms with Crippen LogP contribution in [0.25, 0.3) is 0 Å². The Morgan fingerprint density at radius 2 is 2.25 bits per heavy atom. The molecule has 0 aromatic carbocycles. The molecule has 5 nitrogen and oxygen atoms in total. The lowest BCUT2D eigenvalue weighted by Crippen LogP contribution is -2.42. The number of likely N-dealkylation sites (N-methyl/N-ethyl adjacent to an activating group) is 1. The normalized spacial score (nSPS) is 20.6. The molecular weight excluding hydrogens is 259 g/mol. The van der Waals surface area contributed by atoms with Crippen LogP contribution in [0.2, 0.25) is 0 Å². The minimum atomic E-state index is -0.579. The zero-order valence-corrected chi connectivity index (χ0v) is 12.2. The highest BCUT2D eigenvalue weighted by Gasteiger charge is 2.27. The van der Waals surface area contributed by atoms with E-state index in [9.17, 15) is 9.18 Å². The summed E-state index contributed by atoms with van der Waals surface area (Å²) in [5, 5.41) is 2.66. The van der Waals surface area contributed by atoms with Gasteiger partial charge in [0.1, 0.15) is 0 Å². The second kappa shape index (κ2) is 6.17. The number of hydrogen-bond acceptors (Lipinski definition) is 4. The highest BCUT2D eigenvalue weighted by molar-refractivity contribution is 5.95. The first-order valence-corrected chi connectivity index (χ1v) is 6.86. The molecular formula is C14H21FN4O. The molecule has 1 aromatic rings. The number of halogens is 1. The van der Waals surface area contributed by atoms with E-state index < -0.39 is 5.82 Å². The minimum absolute atomic E-state index is 0.0700. The zero-order valence-electron chi connectivity index (χ0n) is 12.2. The van der Waals surface area contributed by atoms with Gasteiger partial charge in [0.05, 0.1) is 5.56 Å². The summed E-state index contributed by atoms with van der Waals surface area (Å²) in [4.78, 5) is 20.4. The van der Waals surface area contributed by atoms with E-state index in [-0.39, 0.29) is 23.3 Å². The molecule has 110 valence electrons. The summed E-state index contributed by atoms with van der Waals surface area (Å²) in [6.45, 7) is 4.41. The molecule has 1 saturated heterocycles. The summed E-state index contributed by atoms with van der Waals surface area (Å²) in [5.41, 5.74) is 0.0840. The van der Waals surface area contributed by atoms with Gasteiger partial charge < -0.3 is 15.1 Å². The Labute approximate surface area is 118 Å². The molecule has 1 amide bonds. The van der Waals surface area contributed by atoms with E-state index >= 15 is 0 Å². The molecule has 0 radical (unpaired) electrons. The monoisotopic (exact) mass is 280 g/mol. The van der Waals surface area contributed by atoms with Crippen molar-refractivity contribution in [3.8, 4) is 0 Å². The molecule has 0 bridgehead atoms. The number of pyridine rings is 1. The Hall–Kier alpha value is -1.69. The number of nitrogens with zero attached hydrogens (tertiary/aromatic N) is 3. The van der Waals surface area contributed by atoms with Gasteiger partial charge in [-0.3, -0.25) is 4.79 Å². The number of hydrogen-bond donors (Lipinski definition) is 1. The van der Waals surface area contributed by atoms with Crippen molar-refractivity contribution in [2.24, 2.45) is 0 Å². The van der Waals surface area contributed by atoms with Gasteiger partial charge in [0.15, 0.2) is 11.6 Å². The van der Waals surface area contributed by atoms with Crippen molar-refractivity contribution in [3.63, 3.8) is 0 Å². The largest absolute Gasteiger partial charge is 0.371 e. The number of anilines is 1. The SMILES string of the molecule is CNc1nccc(C(=O)N2CCCN(C)CC2C)c1F. The third kappa shape index (κ3) is 2.90. The van der Waals surface area contributed by atoms with Crippen molar-refractivity contribution < 1.29 is 9.18 Å². The number of aromatic nitrogens is 1. The van der Waals surface area contributed by atoms with Crippen molar-refractivity contribution >= 4 is 11.7 Å².